The van der Waals surface area contributed by atoms with Crippen LogP contribution in [0.25, 0.3) is 0 Å². The fraction of sp³-hybridized carbons (Fsp3) is 0.769. The molecule has 0 saturated carbocycles. The van der Waals surface area contributed by atoms with Crippen LogP contribution in [-0.2, 0) is 11.3 Å². The second kappa shape index (κ2) is 6.31. The molecule has 18 heavy (non-hydrogen) atoms. The SMILES string of the molecule is CCn1cc(C2C(N)CCCN2CCOC)cn1. The Labute approximate surface area is 109 Å². The number of likely N-dealkylation sites (tertiary alicyclic amines) is 1. The molecule has 1 aliphatic heterocycles. The molecule has 2 heterocycles. The van der Waals surface area contributed by atoms with Crippen molar-refractivity contribution in [2.75, 3.05) is 26.8 Å². The van der Waals surface area contributed by atoms with Crippen LogP contribution in [0.1, 0.15) is 31.4 Å². The predicted molar refractivity (Wildman–Crippen MR) is 71.3 cm³/mol. The molecule has 0 amide bonds. The van der Waals surface area contributed by atoms with Gasteiger partial charge in [-0.05, 0) is 26.3 Å². The maximum absolute atomic E-state index is 6.30. The van der Waals surface area contributed by atoms with Gasteiger partial charge in [0, 0.05) is 38.0 Å². The Morgan fingerprint density at radius 1 is 1.56 bits per heavy atom. The van der Waals surface area contributed by atoms with Gasteiger partial charge in [0.25, 0.3) is 0 Å². The minimum atomic E-state index is 0.199. The highest BCUT2D eigenvalue weighted by Crippen LogP contribution is 2.29. The first-order valence-corrected chi connectivity index (χ1v) is 6.77. The fourth-order valence-corrected chi connectivity index (χ4v) is 2.72. The summed E-state index contributed by atoms with van der Waals surface area (Å²) >= 11 is 0. The summed E-state index contributed by atoms with van der Waals surface area (Å²) in [4.78, 5) is 2.43. The largest absolute Gasteiger partial charge is 0.383 e. The lowest BCUT2D eigenvalue weighted by atomic mass is 9.93. The Balaban J connectivity index is 2.13. The average molecular weight is 252 g/mol. The van der Waals surface area contributed by atoms with Crippen molar-refractivity contribution in [3.05, 3.63) is 18.0 Å². The van der Waals surface area contributed by atoms with E-state index in [-0.39, 0.29) is 12.1 Å². The maximum atomic E-state index is 6.30. The van der Waals surface area contributed by atoms with Gasteiger partial charge < -0.3 is 10.5 Å². The van der Waals surface area contributed by atoms with E-state index in [4.69, 9.17) is 10.5 Å². The molecule has 102 valence electrons. The third kappa shape index (κ3) is 2.91. The molecule has 2 atom stereocenters. The number of rotatable bonds is 5. The van der Waals surface area contributed by atoms with Crippen LogP contribution in [0.2, 0.25) is 0 Å². The molecule has 1 fully saturated rings. The molecule has 2 N–H and O–H groups in total. The average Bonchev–Trinajstić information content (AvgIpc) is 2.84. The molecule has 0 bridgehead atoms. The lowest BCUT2D eigenvalue weighted by Crippen LogP contribution is -2.46. The number of aryl methyl sites for hydroxylation is 1. The van der Waals surface area contributed by atoms with Gasteiger partial charge in [-0.15, -0.1) is 0 Å². The molecule has 0 aromatic carbocycles. The van der Waals surface area contributed by atoms with Crippen LogP contribution >= 0.6 is 0 Å². The number of hydrogen-bond donors (Lipinski definition) is 1. The zero-order chi connectivity index (χ0) is 13.0. The summed E-state index contributed by atoms with van der Waals surface area (Å²) in [5, 5.41) is 4.36. The quantitative estimate of drug-likeness (QED) is 0.850. The molecule has 0 aliphatic carbocycles. The zero-order valence-corrected chi connectivity index (χ0v) is 11.4. The standard InChI is InChI=1S/C13H24N4O/c1-3-17-10-11(9-15-17)13-12(14)5-4-6-16(13)7-8-18-2/h9-10,12-13H,3-8,14H2,1-2H3. The summed E-state index contributed by atoms with van der Waals surface area (Å²) in [6, 6.07) is 0.485. The smallest absolute Gasteiger partial charge is 0.0589 e. The predicted octanol–water partition coefficient (Wildman–Crippen LogP) is 1.01. The Bertz CT molecular complexity index is 366. The summed E-state index contributed by atoms with van der Waals surface area (Å²) in [7, 11) is 1.74. The van der Waals surface area contributed by atoms with E-state index in [1.807, 2.05) is 10.9 Å². The zero-order valence-electron chi connectivity index (χ0n) is 11.4. The molecular weight excluding hydrogens is 228 g/mol. The van der Waals surface area contributed by atoms with Crippen LogP contribution in [0.5, 0.6) is 0 Å². The summed E-state index contributed by atoms with van der Waals surface area (Å²) in [6.07, 6.45) is 6.34. The van der Waals surface area contributed by atoms with Crippen LogP contribution in [0.15, 0.2) is 12.4 Å². The second-order valence-corrected chi connectivity index (χ2v) is 4.91. The van der Waals surface area contributed by atoms with E-state index in [1.165, 1.54) is 12.0 Å². The molecule has 0 radical (unpaired) electrons. The topological polar surface area (TPSA) is 56.3 Å². The van der Waals surface area contributed by atoms with Crippen molar-refractivity contribution < 1.29 is 4.74 Å². The molecule has 2 unspecified atom stereocenters. The number of ether oxygens (including phenoxy) is 1. The number of piperidine rings is 1. The number of nitrogens with zero attached hydrogens (tertiary/aromatic N) is 3. The van der Waals surface area contributed by atoms with Gasteiger partial charge in [0.1, 0.15) is 0 Å². The highest BCUT2D eigenvalue weighted by molar-refractivity contribution is 5.14. The van der Waals surface area contributed by atoms with E-state index in [1.54, 1.807) is 7.11 Å². The van der Waals surface area contributed by atoms with E-state index in [0.29, 0.717) is 0 Å². The van der Waals surface area contributed by atoms with Gasteiger partial charge >= 0.3 is 0 Å². The van der Waals surface area contributed by atoms with Gasteiger partial charge in [0.05, 0.1) is 18.8 Å². The minimum absolute atomic E-state index is 0.199. The molecule has 1 saturated heterocycles. The Morgan fingerprint density at radius 3 is 3.06 bits per heavy atom. The first-order chi connectivity index (χ1) is 8.76. The normalized spacial score (nSPS) is 25.5. The monoisotopic (exact) mass is 252 g/mol. The summed E-state index contributed by atoms with van der Waals surface area (Å²) in [5.41, 5.74) is 7.54. The number of methoxy groups -OCH3 is 1. The third-order valence-corrected chi connectivity index (χ3v) is 3.68. The first-order valence-electron chi connectivity index (χ1n) is 6.77. The number of nitrogens with two attached hydrogens (primary N) is 1. The van der Waals surface area contributed by atoms with E-state index >= 15 is 0 Å². The molecule has 1 aliphatic rings. The highest BCUT2D eigenvalue weighted by atomic mass is 16.5. The van der Waals surface area contributed by atoms with Gasteiger partial charge in [-0.2, -0.15) is 5.10 Å². The summed E-state index contributed by atoms with van der Waals surface area (Å²) in [5.74, 6) is 0. The lowest BCUT2D eigenvalue weighted by Gasteiger charge is -2.39. The molecule has 5 heteroatoms. The van der Waals surface area contributed by atoms with E-state index in [9.17, 15) is 0 Å². The van der Waals surface area contributed by atoms with Crippen molar-refractivity contribution >= 4 is 0 Å². The van der Waals surface area contributed by atoms with Gasteiger partial charge in [-0.25, -0.2) is 0 Å². The summed E-state index contributed by atoms with van der Waals surface area (Å²) < 4.78 is 7.15. The van der Waals surface area contributed by atoms with Crippen molar-refractivity contribution in [3.8, 4) is 0 Å². The number of hydrogen-bond acceptors (Lipinski definition) is 4. The van der Waals surface area contributed by atoms with Crippen molar-refractivity contribution in [1.29, 1.82) is 0 Å². The van der Waals surface area contributed by atoms with Crippen molar-refractivity contribution in [2.45, 2.75) is 38.4 Å². The van der Waals surface area contributed by atoms with Crippen LogP contribution in [0, 0.1) is 0 Å². The van der Waals surface area contributed by atoms with Gasteiger partial charge in [-0.3, -0.25) is 9.58 Å². The third-order valence-electron chi connectivity index (χ3n) is 3.68. The van der Waals surface area contributed by atoms with Crippen LogP contribution in [0.3, 0.4) is 0 Å². The fourth-order valence-electron chi connectivity index (χ4n) is 2.72. The van der Waals surface area contributed by atoms with Crippen molar-refractivity contribution in [2.24, 2.45) is 5.73 Å². The van der Waals surface area contributed by atoms with Crippen molar-refractivity contribution in [3.63, 3.8) is 0 Å². The molecule has 5 nitrogen and oxygen atoms in total. The van der Waals surface area contributed by atoms with Crippen LogP contribution in [0.4, 0.5) is 0 Å². The molecule has 1 aromatic heterocycles. The van der Waals surface area contributed by atoms with Gasteiger partial charge in [-0.1, -0.05) is 0 Å². The summed E-state index contributed by atoms with van der Waals surface area (Å²) in [6.45, 7) is 5.79. The van der Waals surface area contributed by atoms with Crippen LogP contribution < -0.4 is 5.73 Å². The molecule has 1 aromatic rings. The Hall–Kier alpha value is -0.910. The van der Waals surface area contributed by atoms with Crippen molar-refractivity contribution in [1.82, 2.24) is 14.7 Å². The molecule has 2 rings (SSSR count). The first kappa shape index (κ1) is 13.5. The highest BCUT2D eigenvalue weighted by Gasteiger charge is 2.30. The van der Waals surface area contributed by atoms with Gasteiger partial charge in [0.15, 0.2) is 0 Å². The second-order valence-electron chi connectivity index (χ2n) is 4.91. The number of aromatic nitrogens is 2. The van der Waals surface area contributed by atoms with E-state index < -0.39 is 0 Å². The van der Waals surface area contributed by atoms with Crippen LogP contribution in [-0.4, -0.2) is 47.5 Å². The molecule has 0 spiro atoms. The van der Waals surface area contributed by atoms with Gasteiger partial charge in [0.2, 0.25) is 0 Å². The Kier molecular flexibility index (Phi) is 4.74. The Morgan fingerprint density at radius 2 is 2.39 bits per heavy atom. The molecular formula is C13H24N4O. The van der Waals surface area contributed by atoms with E-state index in [0.717, 1.165) is 32.7 Å². The lowest BCUT2D eigenvalue weighted by molar-refractivity contribution is 0.0847. The maximum Gasteiger partial charge on any atom is 0.0589 e. The van der Waals surface area contributed by atoms with E-state index in [2.05, 4.69) is 23.1 Å². The minimum Gasteiger partial charge on any atom is -0.383 e.